The molecule has 0 atom stereocenters. The molecule has 0 radical (unpaired) electrons. The maximum Gasteiger partial charge on any atom is 0.107 e. The SMILES string of the molecule is COCC#Cc1cccc(N)c1. The summed E-state index contributed by atoms with van der Waals surface area (Å²) in [4.78, 5) is 0. The molecule has 0 saturated heterocycles. The fourth-order valence-electron chi connectivity index (χ4n) is 0.827. The van der Waals surface area contributed by atoms with Gasteiger partial charge in [0.1, 0.15) is 6.61 Å². The van der Waals surface area contributed by atoms with Crippen molar-refractivity contribution in [2.24, 2.45) is 0 Å². The standard InChI is InChI=1S/C10H11NO/c1-12-7-3-5-9-4-2-6-10(11)8-9/h2,4,6,8H,7,11H2,1H3. The Labute approximate surface area is 72.3 Å². The smallest absolute Gasteiger partial charge is 0.107 e. The summed E-state index contributed by atoms with van der Waals surface area (Å²) in [5.74, 6) is 5.78. The molecule has 1 aromatic rings. The summed E-state index contributed by atoms with van der Waals surface area (Å²) in [6, 6.07) is 7.47. The Hall–Kier alpha value is -1.46. The van der Waals surface area contributed by atoms with Gasteiger partial charge in [-0.15, -0.1) is 0 Å². The second-order valence-corrected chi connectivity index (χ2v) is 2.36. The summed E-state index contributed by atoms with van der Waals surface area (Å²) >= 11 is 0. The Morgan fingerprint density at radius 3 is 3.00 bits per heavy atom. The van der Waals surface area contributed by atoms with Crippen LogP contribution in [0.4, 0.5) is 5.69 Å². The molecule has 0 spiro atoms. The van der Waals surface area contributed by atoms with Crippen molar-refractivity contribution in [3.05, 3.63) is 29.8 Å². The minimum Gasteiger partial charge on any atom is -0.399 e. The Morgan fingerprint density at radius 2 is 2.33 bits per heavy atom. The van der Waals surface area contributed by atoms with Crippen molar-refractivity contribution >= 4 is 5.69 Å². The molecule has 2 heteroatoms. The number of rotatable bonds is 1. The number of nitrogens with two attached hydrogens (primary N) is 1. The van der Waals surface area contributed by atoms with E-state index >= 15 is 0 Å². The van der Waals surface area contributed by atoms with Gasteiger partial charge in [0.05, 0.1) is 0 Å². The zero-order chi connectivity index (χ0) is 8.81. The Morgan fingerprint density at radius 1 is 1.50 bits per heavy atom. The molecule has 1 rings (SSSR count). The lowest BCUT2D eigenvalue weighted by Gasteiger charge is -1.92. The van der Waals surface area contributed by atoms with Gasteiger partial charge in [-0.3, -0.25) is 0 Å². The van der Waals surface area contributed by atoms with Gasteiger partial charge in [-0.1, -0.05) is 17.9 Å². The van der Waals surface area contributed by atoms with Gasteiger partial charge in [0, 0.05) is 18.4 Å². The molecule has 2 N–H and O–H groups in total. The second-order valence-electron chi connectivity index (χ2n) is 2.36. The number of anilines is 1. The summed E-state index contributed by atoms with van der Waals surface area (Å²) in [7, 11) is 1.62. The van der Waals surface area contributed by atoms with E-state index in [1.807, 2.05) is 24.3 Å². The van der Waals surface area contributed by atoms with Crippen molar-refractivity contribution in [1.82, 2.24) is 0 Å². The van der Waals surface area contributed by atoms with Crippen LogP contribution >= 0.6 is 0 Å². The van der Waals surface area contributed by atoms with E-state index in [0.717, 1.165) is 11.3 Å². The maximum absolute atomic E-state index is 5.56. The molecule has 62 valence electrons. The lowest BCUT2D eigenvalue weighted by Crippen LogP contribution is -1.85. The van der Waals surface area contributed by atoms with Crippen LogP contribution in [0.5, 0.6) is 0 Å². The first-order chi connectivity index (χ1) is 5.83. The molecule has 0 bridgehead atoms. The average Bonchev–Trinajstić information content (AvgIpc) is 2.05. The number of ether oxygens (including phenoxy) is 1. The van der Waals surface area contributed by atoms with Crippen LogP contribution in [0, 0.1) is 11.8 Å². The van der Waals surface area contributed by atoms with Crippen molar-refractivity contribution < 1.29 is 4.74 Å². The molecule has 12 heavy (non-hydrogen) atoms. The fourth-order valence-corrected chi connectivity index (χ4v) is 0.827. The predicted molar refractivity (Wildman–Crippen MR) is 49.6 cm³/mol. The Balaban J connectivity index is 2.71. The van der Waals surface area contributed by atoms with Crippen LogP contribution < -0.4 is 5.73 Å². The van der Waals surface area contributed by atoms with Crippen molar-refractivity contribution in [3.63, 3.8) is 0 Å². The van der Waals surface area contributed by atoms with Crippen LogP contribution in [0.25, 0.3) is 0 Å². The Kier molecular flexibility index (Phi) is 3.18. The normalized spacial score (nSPS) is 8.75. The summed E-state index contributed by atoms with van der Waals surface area (Å²) in [6.45, 7) is 0.453. The zero-order valence-corrected chi connectivity index (χ0v) is 7.00. The molecule has 0 aromatic heterocycles. The van der Waals surface area contributed by atoms with E-state index in [1.54, 1.807) is 7.11 Å². The van der Waals surface area contributed by atoms with Crippen molar-refractivity contribution in [2.75, 3.05) is 19.5 Å². The van der Waals surface area contributed by atoms with Crippen LogP contribution in [0.15, 0.2) is 24.3 Å². The van der Waals surface area contributed by atoms with E-state index in [1.165, 1.54) is 0 Å². The Bertz CT molecular complexity index is 309. The summed E-state index contributed by atoms with van der Waals surface area (Å²) in [6.07, 6.45) is 0. The van der Waals surface area contributed by atoms with Gasteiger partial charge in [0.15, 0.2) is 0 Å². The second kappa shape index (κ2) is 4.42. The number of hydrogen-bond donors (Lipinski definition) is 1. The largest absolute Gasteiger partial charge is 0.399 e. The minimum atomic E-state index is 0.453. The monoisotopic (exact) mass is 161 g/mol. The number of nitrogen functional groups attached to an aromatic ring is 1. The quantitative estimate of drug-likeness (QED) is 0.497. The third kappa shape index (κ3) is 2.65. The first kappa shape index (κ1) is 8.63. The van der Waals surface area contributed by atoms with E-state index < -0.39 is 0 Å². The zero-order valence-electron chi connectivity index (χ0n) is 7.00. The molecule has 0 saturated carbocycles. The van der Waals surface area contributed by atoms with E-state index in [-0.39, 0.29) is 0 Å². The van der Waals surface area contributed by atoms with Gasteiger partial charge in [-0.05, 0) is 18.2 Å². The van der Waals surface area contributed by atoms with Gasteiger partial charge in [0.25, 0.3) is 0 Å². The van der Waals surface area contributed by atoms with Gasteiger partial charge in [-0.2, -0.15) is 0 Å². The highest BCUT2D eigenvalue weighted by Gasteiger charge is 1.85. The molecule has 0 aliphatic heterocycles. The van der Waals surface area contributed by atoms with Crippen molar-refractivity contribution in [2.45, 2.75) is 0 Å². The third-order valence-corrected chi connectivity index (χ3v) is 1.34. The van der Waals surface area contributed by atoms with E-state index in [4.69, 9.17) is 10.5 Å². The summed E-state index contributed by atoms with van der Waals surface area (Å²) in [5, 5.41) is 0. The molecule has 1 aromatic carbocycles. The van der Waals surface area contributed by atoms with Crippen LogP contribution in [0.2, 0.25) is 0 Å². The van der Waals surface area contributed by atoms with E-state index in [0.29, 0.717) is 6.61 Å². The lowest BCUT2D eigenvalue weighted by atomic mass is 10.2. The lowest BCUT2D eigenvalue weighted by molar-refractivity contribution is 0.240. The van der Waals surface area contributed by atoms with Crippen LogP contribution in [0.3, 0.4) is 0 Å². The van der Waals surface area contributed by atoms with Crippen molar-refractivity contribution in [3.8, 4) is 11.8 Å². The van der Waals surface area contributed by atoms with Crippen LogP contribution in [-0.2, 0) is 4.74 Å². The van der Waals surface area contributed by atoms with Gasteiger partial charge in [-0.25, -0.2) is 0 Å². The summed E-state index contributed by atoms with van der Waals surface area (Å²) < 4.78 is 4.79. The fraction of sp³-hybridized carbons (Fsp3) is 0.200. The number of benzene rings is 1. The van der Waals surface area contributed by atoms with Crippen LogP contribution in [-0.4, -0.2) is 13.7 Å². The molecule has 2 nitrogen and oxygen atoms in total. The number of methoxy groups -OCH3 is 1. The van der Waals surface area contributed by atoms with Gasteiger partial charge >= 0.3 is 0 Å². The molecular weight excluding hydrogens is 150 g/mol. The maximum atomic E-state index is 5.56. The first-order valence-electron chi connectivity index (χ1n) is 3.66. The molecule has 0 aliphatic carbocycles. The van der Waals surface area contributed by atoms with Crippen LogP contribution in [0.1, 0.15) is 5.56 Å². The highest BCUT2D eigenvalue weighted by molar-refractivity contribution is 5.46. The molecule has 0 heterocycles. The molecule has 0 unspecified atom stereocenters. The minimum absolute atomic E-state index is 0.453. The highest BCUT2D eigenvalue weighted by atomic mass is 16.5. The van der Waals surface area contributed by atoms with E-state index in [2.05, 4.69) is 11.8 Å². The van der Waals surface area contributed by atoms with E-state index in [9.17, 15) is 0 Å². The predicted octanol–water partition coefficient (Wildman–Crippen LogP) is 1.27. The summed E-state index contributed by atoms with van der Waals surface area (Å²) in [5.41, 5.74) is 7.22. The topological polar surface area (TPSA) is 35.2 Å². The average molecular weight is 161 g/mol. The molecule has 0 fully saturated rings. The first-order valence-corrected chi connectivity index (χ1v) is 3.66. The highest BCUT2D eigenvalue weighted by Crippen LogP contribution is 2.04. The van der Waals surface area contributed by atoms with Crippen molar-refractivity contribution in [1.29, 1.82) is 0 Å². The molecular formula is C10H11NO. The third-order valence-electron chi connectivity index (χ3n) is 1.34. The molecule has 0 aliphatic rings. The number of hydrogen-bond acceptors (Lipinski definition) is 2. The van der Waals surface area contributed by atoms with Gasteiger partial charge < -0.3 is 10.5 Å². The van der Waals surface area contributed by atoms with Gasteiger partial charge in [0.2, 0.25) is 0 Å². The molecule has 0 amide bonds.